The van der Waals surface area contributed by atoms with Crippen molar-refractivity contribution in [3.05, 3.63) is 34.9 Å². The van der Waals surface area contributed by atoms with Gasteiger partial charge in [0, 0.05) is 23.4 Å². The third-order valence-corrected chi connectivity index (χ3v) is 3.14. The molecule has 1 aromatic carbocycles. The summed E-state index contributed by atoms with van der Waals surface area (Å²) in [7, 11) is 0. The van der Waals surface area contributed by atoms with Crippen LogP contribution >= 0.6 is 11.6 Å². The van der Waals surface area contributed by atoms with Crippen molar-refractivity contribution in [3.63, 3.8) is 0 Å². The Labute approximate surface area is 120 Å². The summed E-state index contributed by atoms with van der Waals surface area (Å²) < 4.78 is 9.62. The van der Waals surface area contributed by atoms with Gasteiger partial charge in [0.2, 0.25) is 6.10 Å². The summed E-state index contributed by atoms with van der Waals surface area (Å²) in [5, 5.41) is 0.542. The van der Waals surface area contributed by atoms with Crippen LogP contribution in [-0.2, 0) is 19.1 Å². The number of carbonyl (C=O) groups excluding carboxylic acids is 3. The first-order valence-electron chi connectivity index (χ1n) is 6.21. The molecule has 1 fully saturated rings. The number of ether oxygens (including phenoxy) is 2. The van der Waals surface area contributed by atoms with E-state index in [4.69, 9.17) is 16.3 Å². The molecule has 0 amide bonds. The van der Waals surface area contributed by atoms with Crippen molar-refractivity contribution in [2.75, 3.05) is 6.61 Å². The third-order valence-electron chi connectivity index (χ3n) is 2.88. The van der Waals surface area contributed by atoms with Crippen molar-refractivity contribution in [1.29, 1.82) is 0 Å². The van der Waals surface area contributed by atoms with E-state index in [0.29, 0.717) is 17.0 Å². The zero-order valence-corrected chi connectivity index (χ0v) is 11.4. The van der Waals surface area contributed by atoms with Gasteiger partial charge >= 0.3 is 11.9 Å². The Bertz CT molecular complexity index is 523. The summed E-state index contributed by atoms with van der Waals surface area (Å²) in [6.07, 6.45) is -0.489. The molecule has 2 rings (SSSR count). The van der Waals surface area contributed by atoms with E-state index in [2.05, 4.69) is 4.74 Å². The molecular formula is C14H13ClO5. The van der Waals surface area contributed by atoms with E-state index in [1.54, 1.807) is 24.3 Å². The minimum atomic E-state index is -0.826. The standard InChI is InChI=1S/C14H13ClO5/c15-10-3-1-9(2-4-10)11(16)5-6-13(17)20-12-7-8-19-14(12)18/h1-4,12H,5-8H2/t12-/m0/s1. The van der Waals surface area contributed by atoms with Crippen LogP contribution in [0.4, 0.5) is 0 Å². The molecule has 0 aliphatic carbocycles. The lowest BCUT2D eigenvalue weighted by atomic mass is 10.1. The largest absolute Gasteiger partial charge is 0.463 e. The van der Waals surface area contributed by atoms with Crippen molar-refractivity contribution in [1.82, 2.24) is 0 Å². The van der Waals surface area contributed by atoms with Crippen LogP contribution in [0.15, 0.2) is 24.3 Å². The molecule has 1 aromatic rings. The van der Waals surface area contributed by atoms with Crippen molar-refractivity contribution < 1.29 is 23.9 Å². The highest BCUT2D eigenvalue weighted by Gasteiger charge is 2.30. The molecule has 0 bridgehead atoms. The lowest BCUT2D eigenvalue weighted by Crippen LogP contribution is -2.22. The molecule has 1 saturated heterocycles. The molecule has 1 atom stereocenters. The summed E-state index contributed by atoms with van der Waals surface area (Å²) in [6.45, 7) is 0.264. The van der Waals surface area contributed by atoms with Crippen molar-refractivity contribution in [3.8, 4) is 0 Å². The van der Waals surface area contributed by atoms with Gasteiger partial charge in [-0.1, -0.05) is 11.6 Å². The maximum Gasteiger partial charge on any atom is 0.347 e. The van der Waals surface area contributed by atoms with Gasteiger partial charge in [-0.3, -0.25) is 9.59 Å². The lowest BCUT2D eigenvalue weighted by molar-refractivity contribution is -0.160. The zero-order chi connectivity index (χ0) is 14.5. The number of Topliss-reactive ketones (excluding diaryl/α,β-unsaturated/α-hetero) is 1. The van der Waals surface area contributed by atoms with Crippen LogP contribution in [0.3, 0.4) is 0 Å². The van der Waals surface area contributed by atoms with E-state index in [-0.39, 0.29) is 25.2 Å². The Morgan fingerprint density at radius 2 is 1.95 bits per heavy atom. The van der Waals surface area contributed by atoms with E-state index in [1.807, 2.05) is 0 Å². The monoisotopic (exact) mass is 296 g/mol. The van der Waals surface area contributed by atoms with Crippen molar-refractivity contribution in [2.45, 2.75) is 25.4 Å². The van der Waals surface area contributed by atoms with Gasteiger partial charge in [-0.2, -0.15) is 0 Å². The summed E-state index contributed by atoms with van der Waals surface area (Å²) in [6, 6.07) is 6.43. The first kappa shape index (κ1) is 14.5. The van der Waals surface area contributed by atoms with Gasteiger partial charge < -0.3 is 9.47 Å². The zero-order valence-electron chi connectivity index (χ0n) is 10.6. The molecule has 1 aliphatic rings. The van der Waals surface area contributed by atoms with Gasteiger partial charge in [0.1, 0.15) is 0 Å². The summed E-state index contributed by atoms with van der Waals surface area (Å²) in [5.74, 6) is -1.27. The molecule has 20 heavy (non-hydrogen) atoms. The van der Waals surface area contributed by atoms with E-state index in [9.17, 15) is 14.4 Å². The number of halogens is 1. The van der Waals surface area contributed by atoms with Crippen LogP contribution in [-0.4, -0.2) is 30.4 Å². The van der Waals surface area contributed by atoms with Crippen LogP contribution in [0.5, 0.6) is 0 Å². The normalized spacial score (nSPS) is 17.6. The number of carbonyl (C=O) groups is 3. The van der Waals surface area contributed by atoms with Crippen molar-refractivity contribution in [2.24, 2.45) is 0 Å². The van der Waals surface area contributed by atoms with Crippen LogP contribution in [0.25, 0.3) is 0 Å². The maximum absolute atomic E-state index is 11.8. The number of cyclic esters (lactones) is 1. The second-order valence-electron chi connectivity index (χ2n) is 4.36. The first-order chi connectivity index (χ1) is 9.56. The summed E-state index contributed by atoms with van der Waals surface area (Å²) in [4.78, 5) is 34.5. The number of hydrogen-bond donors (Lipinski definition) is 0. The minimum absolute atomic E-state index is 0.0300. The van der Waals surface area contributed by atoms with Crippen molar-refractivity contribution >= 4 is 29.3 Å². The number of hydrogen-bond acceptors (Lipinski definition) is 5. The molecule has 1 heterocycles. The van der Waals surface area contributed by atoms with Crippen LogP contribution in [0, 0.1) is 0 Å². The molecule has 0 aromatic heterocycles. The van der Waals surface area contributed by atoms with Gasteiger partial charge in [0.05, 0.1) is 13.0 Å². The molecule has 0 unspecified atom stereocenters. The average molecular weight is 297 g/mol. The SMILES string of the molecule is O=C(CCC(=O)c1ccc(Cl)cc1)O[C@H]1CCOC1=O. The Hall–Kier alpha value is -1.88. The first-order valence-corrected chi connectivity index (χ1v) is 6.59. The lowest BCUT2D eigenvalue weighted by Gasteiger charge is -2.07. The Morgan fingerprint density at radius 1 is 1.25 bits per heavy atom. The number of esters is 2. The molecule has 0 N–H and O–H groups in total. The fourth-order valence-corrected chi connectivity index (χ4v) is 1.92. The Balaban J connectivity index is 1.79. The molecule has 106 valence electrons. The molecule has 0 saturated carbocycles. The van der Waals surface area contributed by atoms with Crippen LogP contribution in [0.1, 0.15) is 29.6 Å². The molecule has 6 heteroatoms. The molecule has 0 spiro atoms. The number of ketones is 1. The van der Waals surface area contributed by atoms with Gasteiger partial charge in [0.25, 0.3) is 0 Å². The summed E-state index contributed by atoms with van der Waals surface area (Å²) in [5.41, 5.74) is 0.488. The predicted molar refractivity (Wildman–Crippen MR) is 70.5 cm³/mol. The molecule has 0 radical (unpaired) electrons. The summed E-state index contributed by atoms with van der Waals surface area (Å²) >= 11 is 5.72. The second-order valence-corrected chi connectivity index (χ2v) is 4.80. The minimum Gasteiger partial charge on any atom is -0.463 e. The Kier molecular flexibility index (Phi) is 4.74. The topological polar surface area (TPSA) is 69.7 Å². The third kappa shape index (κ3) is 3.81. The van der Waals surface area contributed by atoms with Crippen LogP contribution < -0.4 is 0 Å². The van der Waals surface area contributed by atoms with E-state index < -0.39 is 18.0 Å². The number of benzene rings is 1. The highest BCUT2D eigenvalue weighted by Crippen LogP contribution is 2.14. The fourth-order valence-electron chi connectivity index (χ4n) is 1.80. The average Bonchev–Trinajstić information content (AvgIpc) is 2.82. The van der Waals surface area contributed by atoms with Gasteiger partial charge in [-0.15, -0.1) is 0 Å². The predicted octanol–water partition coefficient (Wildman–Crippen LogP) is 2.16. The van der Waals surface area contributed by atoms with Crippen LogP contribution in [0.2, 0.25) is 5.02 Å². The molecule has 1 aliphatic heterocycles. The Morgan fingerprint density at radius 3 is 2.55 bits per heavy atom. The fraction of sp³-hybridized carbons (Fsp3) is 0.357. The van der Waals surface area contributed by atoms with Gasteiger partial charge in [-0.05, 0) is 24.3 Å². The quantitative estimate of drug-likeness (QED) is 0.615. The second kappa shape index (κ2) is 6.52. The highest BCUT2D eigenvalue weighted by molar-refractivity contribution is 6.30. The van der Waals surface area contributed by atoms with E-state index >= 15 is 0 Å². The van der Waals surface area contributed by atoms with Gasteiger partial charge in [0.15, 0.2) is 5.78 Å². The van der Waals surface area contributed by atoms with E-state index in [1.165, 1.54) is 0 Å². The maximum atomic E-state index is 11.8. The molecular weight excluding hydrogens is 284 g/mol. The van der Waals surface area contributed by atoms with E-state index in [0.717, 1.165) is 0 Å². The molecule has 5 nitrogen and oxygen atoms in total. The number of rotatable bonds is 5. The highest BCUT2D eigenvalue weighted by atomic mass is 35.5. The van der Waals surface area contributed by atoms with Gasteiger partial charge in [-0.25, -0.2) is 4.79 Å². The smallest absolute Gasteiger partial charge is 0.347 e.